The zero-order valence-electron chi connectivity index (χ0n) is 11.3. The number of anilines is 1. The Bertz CT molecular complexity index is 584. The Kier molecular flexibility index (Phi) is 3.36. The fraction of sp³-hybridized carbons (Fsp3) is 0.429. The Morgan fingerprint density at radius 3 is 2.78 bits per heavy atom. The number of fused-ring (bicyclic) bond motifs is 1. The van der Waals surface area contributed by atoms with Crippen LogP contribution < -0.4 is 5.32 Å². The summed E-state index contributed by atoms with van der Waals surface area (Å²) in [5.41, 5.74) is 3.84. The standard InChI is InChI=1S/C14H19N3O/c1-9(2)7-14(18)16-12-5-6-13-15-10(3)11(4)17(13)8-12/h5-6,8-9H,7H2,1-4H3,(H,16,18). The van der Waals surface area contributed by atoms with Crippen molar-refractivity contribution in [3.8, 4) is 0 Å². The molecule has 4 heteroatoms. The molecule has 1 N–H and O–H groups in total. The first-order chi connectivity index (χ1) is 8.47. The molecule has 0 saturated heterocycles. The maximum Gasteiger partial charge on any atom is 0.224 e. The van der Waals surface area contributed by atoms with Gasteiger partial charge in [-0.3, -0.25) is 4.79 Å². The van der Waals surface area contributed by atoms with E-state index in [4.69, 9.17) is 0 Å². The lowest BCUT2D eigenvalue weighted by atomic mass is 10.1. The Morgan fingerprint density at radius 1 is 1.39 bits per heavy atom. The van der Waals surface area contributed by atoms with Gasteiger partial charge in [0.25, 0.3) is 0 Å². The van der Waals surface area contributed by atoms with Crippen LogP contribution in [-0.2, 0) is 4.79 Å². The van der Waals surface area contributed by atoms with Crippen LogP contribution >= 0.6 is 0 Å². The van der Waals surface area contributed by atoms with Crippen molar-refractivity contribution < 1.29 is 4.79 Å². The Hall–Kier alpha value is -1.84. The molecule has 96 valence electrons. The minimum absolute atomic E-state index is 0.0545. The van der Waals surface area contributed by atoms with Crippen molar-refractivity contribution in [1.29, 1.82) is 0 Å². The number of imidazole rings is 1. The van der Waals surface area contributed by atoms with E-state index in [2.05, 4.69) is 10.3 Å². The van der Waals surface area contributed by atoms with Gasteiger partial charge in [0.15, 0.2) is 0 Å². The van der Waals surface area contributed by atoms with Crippen molar-refractivity contribution in [2.45, 2.75) is 34.1 Å². The van der Waals surface area contributed by atoms with Crippen LogP contribution in [0.1, 0.15) is 31.7 Å². The first kappa shape index (κ1) is 12.6. The van der Waals surface area contributed by atoms with Gasteiger partial charge in [-0.05, 0) is 31.9 Å². The molecule has 0 radical (unpaired) electrons. The molecule has 0 aromatic carbocycles. The van der Waals surface area contributed by atoms with E-state index in [0.717, 1.165) is 22.7 Å². The number of carbonyl (C=O) groups excluding carboxylic acids is 1. The number of pyridine rings is 1. The average Bonchev–Trinajstić information content (AvgIpc) is 2.54. The SMILES string of the molecule is Cc1nc2ccc(NC(=O)CC(C)C)cn2c1C. The molecular formula is C14H19N3O. The molecule has 0 aliphatic rings. The van der Waals surface area contributed by atoms with Crippen LogP contribution in [-0.4, -0.2) is 15.3 Å². The van der Waals surface area contributed by atoms with Gasteiger partial charge < -0.3 is 9.72 Å². The molecule has 2 aromatic heterocycles. The number of nitrogens with zero attached hydrogens (tertiary/aromatic N) is 2. The third kappa shape index (κ3) is 2.53. The van der Waals surface area contributed by atoms with E-state index in [1.807, 2.05) is 50.4 Å². The summed E-state index contributed by atoms with van der Waals surface area (Å²) in [6, 6.07) is 3.81. The molecule has 0 unspecified atom stereocenters. The number of hydrogen-bond donors (Lipinski definition) is 1. The Morgan fingerprint density at radius 2 is 2.11 bits per heavy atom. The van der Waals surface area contributed by atoms with E-state index in [-0.39, 0.29) is 5.91 Å². The molecule has 0 atom stereocenters. The number of aryl methyl sites for hydroxylation is 2. The second kappa shape index (κ2) is 4.80. The molecule has 0 bridgehead atoms. The van der Waals surface area contributed by atoms with Crippen LogP contribution in [0.2, 0.25) is 0 Å². The number of hydrogen-bond acceptors (Lipinski definition) is 2. The predicted octanol–water partition coefficient (Wildman–Crippen LogP) is 2.94. The monoisotopic (exact) mass is 245 g/mol. The van der Waals surface area contributed by atoms with Crippen LogP contribution in [0.4, 0.5) is 5.69 Å². The van der Waals surface area contributed by atoms with Crippen molar-refractivity contribution in [2.75, 3.05) is 5.32 Å². The predicted molar refractivity (Wildman–Crippen MR) is 72.8 cm³/mol. The number of rotatable bonds is 3. The van der Waals surface area contributed by atoms with E-state index < -0.39 is 0 Å². The van der Waals surface area contributed by atoms with Crippen molar-refractivity contribution >= 4 is 17.2 Å². The zero-order valence-corrected chi connectivity index (χ0v) is 11.3. The van der Waals surface area contributed by atoms with Crippen molar-refractivity contribution in [3.63, 3.8) is 0 Å². The summed E-state index contributed by atoms with van der Waals surface area (Å²) < 4.78 is 2.00. The van der Waals surface area contributed by atoms with E-state index in [1.54, 1.807) is 0 Å². The van der Waals surface area contributed by atoms with Crippen molar-refractivity contribution in [1.82, 2.24) is 9.38 Å². The van der Waals surface area contributed by atoms with Crippen LogP contribution in [0.15, 0.2) is 18.3 Å². The largest absolute Gasteiger partial charge is 0.325 e. The summed E-state index contributed by atoms with van der Waals surface area (Å²) in [5.74, 6) is 0.421. The van der Waals surface area contributed by atoms with E-state index in [1.165, 1.54) is 0 Å². The first-order valence-electron chi connectivity index (χ1n) is 6.22. The average molecular weight is 245 g/mol. The number of carbonyl (C=O) groups is 1. The van der Waals surface area contributed by atoms with Crippen molar-refractivity contribution in [3.05, 3.63) is 29.7 Å². The van der Waals surface area contributed by atoms with Gasteiger partial charge in [0.2, 0.25) is 5.91 Å². The summed E-state index contributed by atoms with van der Waals surface area (Å²) in [4.78, 5) is 16.1. The van der Waals surface area contributed by atoms with Gasteiger partial charge in [-0.2, -0.15) is 0 Å². The second-order valence-electron chi connectivity index (χ2n) is 5.07. The molecule has 0 saturated carbocycles. The lowest BCUT2D eigenvalue weighted by Gasteiger charge is -2.08. The third-order valence-corrected chi connectivity index (χ3v) is 2.97. The van der Waals surface area contributed by atoms with Crippen LogP contribution in [0, 0.1) is 19.8 Å². The van der Waals surface area contributed by atoms with Gasteiger partial charge in [-0.1, -0.05) is 13.8 Å². The maximum atomic E-state index is 11.7. The number of amides is 1. The van der Waals surface area contributed by atoms with Gasteiger partial charge in [0.05, 0.1) is 11.4 Å². The summed E-state index contributed by atoms with van der Waals surface area (Å²) in [7, 11) is 0. The highest BCUT2D eigenvalue weighted by molar-refractivity contribution is 5.90. The minimum atomic E-state index is 0.0545. The molecule has 2 aromatic rings. The van der Waals surface area contributed by atoms with Gasteiger partial charge in [-0.15, -0.1) is 0 Å². The summed E-state index contributed by atoms with van der Waals surface area (Å²) in [6.07, 6.45) is 2.46. The lowest BCUT2D eigenvalue weighted by molar-refractivity contribution is -0.116. The molecule has 1 amide bonds. The van der Waals surface area contributed by atoms with E-state index >= 15 is 0 Å². The van der Waals surface area contributed by atoms with E-state index in [9.17, 15) is 4.79 Å². The highest BCUT2D eigenvalue weighted by Crippen LogP contribution is 2.15. The Labute approximate surface area is 107 Å². The van der Waals surface area contributed by atoms with Gasteiger partial charge >= 0.3 is 0 Å². The van der Waals surface area contributed by atoms with Gasteiger partial charge in [-0.25, -0.2) is 4.98 Å². The molecule has 2 rings (SSSR count). The fourth-order valence-corrected chi connectivity index (χ4v) is 1.94. The minimum Gasteiger partial charge on any atom is -0.325 e. The normalized spacial score (nSPS) is 11.2. The van der Waals surface area contributed by atoms with Crippen molar-refractivity contribution in [2.24, 2.45) is 5.92 Å². The van der Waals surface area contributed by atoms with Crippen LogP contribution in [0.5, 0.6) is 0 Å². The zero-order chi connectivity index (χ0) is 13.3. The quantitative estimate of drug-likeness (QED) is 0.903. The third-order valence-electron chi connectivity index (χ3n) is 2.97. The molecule has 0 spiro atoms. The van der Waals surface area contributed by atoms with E-state index in [0.29, 0.717) is 12.3 Å². The molecular weight excluding hydrogens is 226 g/mol. The van der Waals surface area contributed by atoms with Crippen LogP contribution in [0.3, 0.4) is 0 Å². The second-order valence-corrected chi connectivity index (χ2v) is 5.07. The molecule has 0 aliphatic heterocycles. The Balaban J connectivity index is 2.24. The maximum absolute atomic E-state index is 11.7. The number of nitrogens with one attached hydrogen (secondary N) is 1. The highest BCUT2D eigenvalue weighted by Gasteiger charge is 2.08. The summed E-state index contributed by atoms with van der Waals surface area (Å²) in [6.45, 7) is 8.08. The molecule has 0 fully saturated rings. The first-order valence-corrected chi connectivity index (χ1v) is 6.22. The smallest absolute Gasteiger partial charge is 0.224 e. The molecule has 0 aliphatic carbocycles. The molecule has 18 heavy (non-hydrogen) atoms. The number of aromatic nitrogens is 2. The van der Waals surface area contributed by atoms with Gasteiger partial charge in [0, 0.05) is 18.3 Å². The topological polar surface area (TPSA) is 46.4 Å². The lowest BCUT2D eigenvalue weighted by Crippen LogP contribution is -2.14. The highest BCUT2D eigenvalue weighted by atomic mass is 16.1. The summed E-state index contributed by atoms with van der Waals surface area (Å²) >= 11 is 0. The van der Waals surface area contributed by atoms with Crippen LogP contribution in [0.25, 0.3) is 5.65 Å². The molecule has 4 nitrogen and oxygen atoms in total. The summed E-state index contributed by atoms with van der Waals surface area (Å²) in [5, 5.41) is 2.91. The fourth-order valence-electron chi connectivity index (χ4n) is 1.94. The molecule has 2 heterocycles. The van der Waals surface area contributed by atoms with Gasteiger partial charge in [0.1, 0.15) is 5.65 Å².